The Balaban J connectivity index is 2.56. The van der Waals surface area contributed by atoms with Gasteiger partial charge in [-0.3, -0.25) is 4.90 Å². The monoisotopic (exact) mass is 362 g/mol. The molecule has 0 spiro atoms. The van der Waals surface area contributed by atoms with E-state index in [9.17, 15) is 22.8 Å². The molecule has 0 saturated heterocycles. The number of esters is 1. The molecule has 0 unspecified atom stereocenters. The van der Waals surface area contributed by atoms with Crippen LogP contribution < -0.4 is 5.32 Å². The van der Waals surface area contributed by atoms with Gasteiger partial charge in [-0.25, -0.2) is 9.59 Å². The first-order valence-corrected chi connectivity index (χ1v) is 7.21. The molecule has 0 saturated carbocycles. The number of alkyl halides is 3. The third-order valence-electron chi connectivity index (χ3n) is 3.56. The highest BCUT2D eigenvalue weighted by Crippen LogP contribution is 2.35. The number of ether oxygens (including phenoxy) is 1. The van der Waals surface area contributed by atoms with Gasteiger partial charge in [0.25, 0.3) is 0 Å². The molecule has 0 aliphatic carbocycles. The third-order valence-corrected chi connectivity index (χ3v) is 3.90. The van der Waals surface area contributed by atoms with Gasteiger partial charge in [0.05, 0.1) is 18.7 Å². The molecular weight excluding hydrogens is 349 g/mol. The number of rotatable bonds is 3. The van der Waals surface area contributed by atoms with Gasteiger partial charge in [0.2, 0.25) is 0 Å². The maximum atomic E-state index is 12.7. The van der Waals surface area contributed by atoms with Gasteiger partial charge < -0.3 is 10.1 Å². The van der Waals surface area contributed by atoms with Crippen molar-refractivity contribution < 1.29 is 27.5 Å². The van der Waals surface area contributed by atoms with Crippen LogP contribution in [0, 0.1) is 0 Å². The summed E-state index contributed by atoms with van der Waals surface area (Å²) in [5.41, 5.74) is 0.154. The minimum atomic E-state index is -4.61. The fraction of sp³-hybridized carbons (Fsp3) is 0.333. The molecule has 0 aromatic heterocycles. The highest BCUT2D eigenvalue weighted by atomic mass is 35.5. The smallest absolute Gasteiger partial charge is 0.406 e. The fourth-order valence-electron chi connectivity index (χ4n) is 2.47. The molecule has 5 nitrogen and oxygen atoms in total. The lowest BCUT2D eigenvalue weighted by Crippen LogP contribution is -2.50. The molecule has 1 atom stereocenters. The summed E-state index contributed by atoms with van der Waals surface area (Å²) in [6.45, 7) is -0.249. The Labute approximate surface area is 141 Å². The Morgan fingerprint density at radius 1 is 1.38 bits per heavy atom. The Hall–Kier alpha value is -2.22. The number of urea groups is 1. The number of nitrogens with one attached hydrogen (secondary N) is 1. The van der Waals surface area contributed by atoms with Gasteiger partial charge in [-0.1, -0.05) is 29.8 Å². The number of hydrogen-bond donors (Lipinski definition) is 1. The molecule has 1 N–H and O–H groups in total. The molecule has 2 rings (SSSR count). The molecule has 1 aromatic carbocycles. The van der Waals surface area contributed by atoms with Crippen molar-refractivity contribution in [3.05, 3.63) is 46.1 Å². The number of benzene rings is 1. The Morgan fingerprint density at radius 3 is 2.54 bits per heavy atom. The molecule has 0 radical (unpaired) electrons. The van der Waals surface area contributed by atoms with Crippen LogP contribution in [0.3, 0.4) is 0 Å². The summed E-state index contributed by atoms with van der Waals surface area (Å²) < 4.78 is 42.8. The van der Waals surface area contributed by atoms with E-state index in [2.05, 4.69) is 10.1 Å². The van der Waals surface area contributed by atoms with Crippen LogP contribution in [0.5, 0.6) is 0 Å². The zero-order valence-corrected chi connectivity index (χ0v) is 13.5. The van der Waals surface area contributed by atoms with E-state index < -0.39 is 30.8 Å². The third kappa shape index (κ3) is 3.64. The maximum absolute atomic E-state index is 12.7. The van der Waals surface area contributed by atoms with Crippen molar-refractivity contribution in [2.75, 3.05) is 13.7 Å². The lowest BCUT2D eigenvalue weighted by molar-refractivity contribution is -0.140. The molecule has 2 amide bonds. The first-order valence-electron chi connectivity index (χ1n) is 6.84. The van der Waals surface area contributed by atoms with Crippen LogP contribution in [0.4, 0.5) is 18.0 Å². The average Bonchev–Trinajstić information content (AvgIpc) is 2.50. The van der Waals surface area contributed by atoms with Gasteiger partial charge in [-0.05, 0) is 18.6 Å². The van der Waals surface area contributed by atoms with Crippen molar-refractivity contribution in [1.82, 2.24) is 10.2 Å². The van der Waals surface area contributed by atoms with Crippen LogP contribution in [0.15, 0.2) is 35.5 Å². The first-order chi connectivity index (χ1) is 11.2. The highest BCUT2D eigenvalue weighted by Gasteiger charge is 2.41. The van der Waals surface area contributed by atoms with Crippen molar-refractivity contribution in [3.63, 3.8) is 0 Å². The molecule has 1 aliphatic rings. The van der Waals surface area contributed by atoms with Crippen molar-refractivity contribution >= 4 is 23.6 Å². The lowest BCUT2D eigenvalue weighted by Gasteiger charge is -2.35. The van der Waals surface area contributed by atoms with E-state index in [-0.39, 0.29) is 16.3 Å². The maximum Gasteiger partial charge on any atom is 0.406 e. The van der Waals surface area contributed by atoms with Crippen LogP contribution in [0.2, 0.25) is 5.02 Å². The molecular formula is C15H14ClF3N2O3. The quantitative estimate of drug-likeness (QED) is 0.838. The summed E-state index contributed by atoms with van der Waals surface area (Å²) >= 11 is 6.09. The van der Waals surface area contributed by atoms with Gasteiger partial charge >= 0.3 is 18.2 Å². The predicted molar refractivity (Wildman–Crippen MR) is 80.2 cm³/mol. The second kappa shape index (κ2) is 6.72. The summed E-state index contributed by atoms with van der Waals surface area (Å²) in [7, 11) is 1.11. The summed E-state index contributed by atoms with van der Waals surface area (Å²) in [5.74, 6) is -0.843. The summed E-state index contributed by atoms with van der Waals surface area (Å²) in [4.78, 5) is 24.7. The van der Waals surface area contributed by atoms with E-state index in [0.29, 0.717) is 10.5 Å². The van der Waals surface area contributed by atoms with E-state index in [1.165, 1.54) is 6.92 Å². The van der Waals surface area contributed by atoms with E-state index in [4.69, 9.17) is 11.6 Å². The number of allylic oxidation sites excluding steroid dienone is 1. The second-order valence-electron chi connectivity index (χ2n) is 5.10. The minimum absolute atomic E-state index is 0.102. The van der Waals surface area contributed by atoms with Gasteiger partial charge in [-0.2, -0.15) is 13.2 Å². The van der Waals surface area contributed by atoms with Crippen LogP contribution in [-0.2, 0) is 9.53 Å². The Kier molecular flexibility index (Phi) is 5.08. The number of halogens is 4. The van der Waals surface area contributed by atoms with Gasteiger partial charge in [0.1, 0.15) is 6.54 Å². The molecule has 9 heteroatoms. The topological polar surface area (TPSA) is 58.6 Å². The normalized spacial score (nSPS) is 18.5. The zero-order valence-electron chi connectivity index (χ0n) is 12.8. The molecule has 24 heavy (non-hydrogen) atoms. The first kappa shape index (κ1) is 18.1. The average molecular weight is 363 g/mol. The number of nitrogens with zero attached hydrogens (tertiary/aromatic N) is 1. The van der Waals surface area contributed by atoms with Crippen LogP contribution in [-0.4, -0.2) is 36.7 Å². The molecule has 0 bridgehead atoms. The number of carbonyl (C=O) groups is 2. The minimum Gasteiger partial charge on any atom is -0.466 e. The summed E-state index contributed by atoms with van der Waals surface area (Å²) in [6.07, 6.45) is -4.61. The number of amides is 2. The van der Waals surface area contributed by atoms with E-state index in [1.54, 1.807) is 24.3 Å². The SMILES string of the molecule is COC(=O)C1=C(C)N(CC(F)(F)F)C(=O)N[C@H]1c1ccccc1Cl. The number of hydrogen-bond acceptors (Lipinski definition) is 3. The van der Waals surface area contributed by atoms with Gasteiger partial charge in [0, 0.05) is 10.7 Å². The van der Waals surface area contributed by atoms with Crippen molar-refractivity contribution in [2.24, 2.45) is 0 Å². The lowest BCUT2D eigenvalue weighted by atomic mass is 9.95. The van der Waals surface area contributed by atoms with Crippen LogP contribution in [0.1, 0.15) is 18.5 Å². The highest BCUT2D eigenvalue weighted by molar-refractivity contribution is 6.31. The second-order valence-corrected chi connectivity index (χ2v) is 5.50. The van der Waals surface area contributed by atoms with Gasteiger partial charge in [-0.15, -0.1) is 0 Å². The van der Waals surface area contributed by atoms with E-state index in [1.807, 2.05) is 0 Å². The van der Waals surface area contributed by atoms with Crippen LogP contribution in [0.25, 0.3) is 0 Å². The van der Waals surface area contributed by atoms with Crippen molar-refractivity contribution in [1.29, 1.82) is 0 Å². The largest absolute Gasteiger partial charge is 0.466 e. The molecule has 1 aliphatic heterocycles. The Bertz CT molecular complexity index is 703. The number of methoxy groups -OCH3 is 1. The fourth-order valence-corrected chi connectivity index (χ4v) is 2.71. The predicted octanol–water partition coefficient (Wildman–Crippen LogP) is 3.42. The summed E-state index contributed by atoms with van der Waals surface area (Å²) in [6, 6.07) is 4.45. The Morgan fingerprint density at radius 2 is 2.00 bits per heavy atom. The summed E-state index contributed by atoms with van der Waals surface area (Å²) in [5, 5.41) is 2.65. The van der Waals surface area contributed by atoms with Crippen molar-refractivity contribution in [2.45, 2.75) is 19.1 Å². The zero-order chi connectivity index (χ0) is 18.1. The van der Waals surface area contributed by atoms with Crippen LogP contribution >= 0.6 is 11.6 Å². The molecule has 130 valence electrons. The molecule has 0 fully saturated rings. The standard InChI is InChI=1S/C15H14ClF3N2O3/c1-8-11(13(22)24-2)12(9-5-3-4-6-10(9)16)20-14(23)21(8)7-15(17,18)19/h3-6,12H,7H2,1-2H3,(H,20,23)/t12-/m0/s1. The van der Waals surface area contributed by atoms with Crippen molar-refractivity contribution in [3.8, 4) is 0 Å². The van der Waals surface area contributed by atoms with E-state index >= 15 is 0 Å². The molecule has 1 heterocycles. The van der Waals surface area contributed by atoms with E-state index in [0.717, 1.165) is 7.11 Å². The molecule has 1 aromatic rings. The number of carbonyl (C=O) groups excluding carboxylic acids is 2. The van der Waals surface area contributed by atoms with Gasteiger partial charge in [0.15, 0.2) is 0 Å².